The highest BCUT2D eigenvalue weighted by molar-refractivity contribution is 6.61. The lowest BCUT2D eigenvalue weighted by molar-refractivity contribution is -0.110. The van der Waals surface area contributed by atoms with E-state index in [0.29, 0.717) is 16.8 Å². The minimum atomic E-state index is -0.481. The van der Waals surface area contributed by atoms with E-state index in [-0.39, 0.29) is 0 Å². The number of ketones is 2. The van der Waals surface area contributed by atoms with Crippen LogP contribution >= 0.6 is 0 Å². The van der Waals surface area contributed by atoms with Crippen molar-refractivity contribution >= 4 is 34.1 Å². The first-order chi connectivity index (χ1) is 12.0. The monoisotopic (exact) mass is 327 g/mol. The molecule has 2 aromatic carbocycles. The number of allylic oxidation sites excluding steroid dienone is 1. The Balaban J connectivity index is 2.00. The normalized spacial score (nSPS) is 13.8. The highest BCUT2D eigenvalue weighted by Crippen LogP contribution is 2.32. The Labute approximate surface area is 146 Å². The van der Waals surface area contributed by atoms with Gasteiger partial charge in [0.15, 0.2) is 0 Å². The molecule has 0 bridgehead atoms. The van der Waals surface area contributed by atoms with Gasteiger partial charge >= 0.3 is 0 Å². The summed E-state index contributed by atoms with van der Waals surface area (Å²) in [6, 6.07) is 13.4. The van der Waals surface area contributed by atoms with Crippen LogP contribution in [0.3, 0.4) is 0 Å². The summed E-state index contributed by atoms with van der Waals surface area (Å²) in [6.07, 6.45) is 1.76. The highest BCUT2D eigenvalue weighted by Gasteiger charge is 2.31. The molecule has 1 aromatic heterocycles. The van der Waals surface area contributed by atoms with Gasteiger partial charge in [-0.1, -0.05) is 35.9 Å². The minimum absolute atomic E-state index is 0.384. The van der Waals surface area contributed by atoms with E-state index < -0.39 is 11.6 Å². The second kappa shape index (κ2) is 5.49. The van der Waals surface area contributed by atoms with Gasteiger partial charge in [0.1, 0.15) is 0 Å². The maximum atomic E-state index is 12.8. The minimum Gasteiger partial charge on any atom is -0.285 e. The van der Waals surface area contributed by atoms with E-state index in [1.807, 2.05) is 57.2 Å². The van der Waals surface area contributed by atoms with Gasteiger partial charge in [0.25, 0.3) is 0 Å². The Bertz CT molecular complexity index is 1080. The molecule has 0 spiro atoms. The Hall–Kier alpha value is -3.07. The number of para-hydroxylation sites is 1. The van der Waals surface area contributed by atoms with Crippen LogP contribution in [0.25, 0.3) is 22.6 Å². The Kier molecular flexibility index (Phi) is 3.39. The number of nitrogens with zero attached hydrogens (tertiary/aromatic N) is 1. The lowest BCUT2D eigenvalue weighted by atomic mass is 9.84. The third-order valence-corrected chi connectivity index (χ3v) is 4.68. The molecule has 3 heteroatoms. The average Bonchev–Trinajstić information content (AvgIpc) is 2.57. The quantitative estimate of drug-likeness (QED) is 0.620. The number of Topliss-reactive ketones (excluding diaryl/α,β-unsaturated/α-hetero) is 2. The van der Waals surface area contributed by atoms with Crippen LogP contribution in [-0.2, 0) is 4.79 Å². The molecule has 4 rings (SSSR count). The van der Waals surface area contributed by atoms with Crippen molar-refractivity contribution in [1.82, 2.24) is 4.98 Å². The van der Waals surface area contributed by atoms with Gasteiger partial charge in [-0.2, -0.15) is 0 Å². The molecule has 0 unspecified atom stereocenters. The fourth-order valence-electron chi connectivity index (χ4n) is 3.66. The standard InChI is InChI=1S/C22H17NO2/c1-12-8-13(2)20(14(3)9-12)17-11-19-16(21(24)22(17)25)10-15-6-4-5-7-18(15)23-19/h4-11H,1-3H3. The van der Waals surface area contributed by atoms with Crippen molar-refractivity contribution in [3.05, 3.63) is 76.0 Å². The summed E-state index contributed by atoms with van der Waals surface area (Å²) in [5, 5.41) is 0.863. The van der Waals surface area contributed by atoms with Gasteiger partial charge in [-0.05, 0) is 55.7 Å². The number of carbonyl (C=O) groups is 2. The molecule has 3 nitrogen and oxygen atoms in total. The maximum absolute atomic E-state index is 12.8. The van der Waals surface area contributed by atoms with Crippen molar-refractivity contribution in [2.45, 2.75) is 20.8 Å². The average molecular weight is 327 g/mol. The molecular formula is C22H17NO2. The van der Waals surface area contributed by atoms with E-state index >= 15 is 0 Å². The van der Waals surface area contributed by atoms with E-state index in [0.717, 1.165) is 33.2 Å². The van der Waals surface area contributed by atoms with E-state index in [9.17, 15) is 9.59 Å². The number of aryl methyl sites for hydroxylation is 3. The van der Waals surface area contributed by atoms with Crippen LogP contribution in [0.4, 0.5) is 0 Å². The Morgan fingerprint density at radius 3 is 2.24 bits per heavy atom. The third kappa shape index (κ3) is 2.40. The molecule has 0 amide bonds. The predicted octanol–water partition coefficient (Wildman–Crippen LogP) is 4.47. The topological polar surface area (TPSA) is 47.0 Å². The molecule has 25 heavy (non-hydrogen) atoms. The van der Waals surface area contributed by atoms with E-state index in [4.69, 9.17) is 0 Å². The van der Waals surface area contributed by atoms with Gasteiger partial charge in [-0.3, -0.25) is 9.59 Å². The van der Waals surface area contributed by atoms with Crippen LogP contribution in [0.15, 0.2) is 42.5 Å². The summed E-state index contributed by atoms with van der Waals surface area (Å²) in [4.78, 5) is 30.1. The third-order valence-electron chi connectivity index (χ3n) is 4.68. The summed E-state index contributed by atoms with van der Waals surface area (Å²) >= 11 is 0. The number of carbonyl (C=O) groups excluding carboxylic acids is 2. The summed E-state index contributed by atoms with van der Waals surface area (Å²) in [7, 11) is 0. The zero-order valence-corrected chi connectivity index (χ0v) is 14.4. The SMILES string of the molecule is Cc1cc(C)c(C2=Cc3nc4ccccc4cc3C(=O)C2=O)c(C)c1. The molecule has 1 aliphatic rings. The molecule has 122 valence electrons. The first kappa shape index (κ1) is 15.5. The van der Waals surface area contributed by atoms with Gasteiger partial charge in [-0.15, -0.1) is 0 Å². The lowest BCUT2D eigenvalue weighted by Gasteiger charge is -2.18. The molecule has 0 atom stereocenters. The maximum Gasteiger partial charge on any atom is 0.235 e. The number of rotatable bonds is 1. The summed E-state index contributed by atoms with van der Waals surface area (Å²) in [5.74, 6) is -0.940. The van der Waals surface area contributed by atoms with Crippen molar-refractivity contribution in [3.8, 4) is 0 Å². The predicted molar refractivity (Wildman–Crippen MR) is 99.6 cm³/mol. The molecule has 0 fully saturated rings. The van der Waals surface area contributed by atoms with E-state index in [2.05, 4.69) is 4.98 Å². The molecule has 0 N–H and O–H groups in total. The van der Waals surface area contributed by atoms with Crippen molar-refractivity contribution in [3.63, 3.8) is 0 Å². The molecular weight excluding hydrogens is 310 g/mol. The van der Waals surface area contributed by atoms with E-state index in [1.165, 1.54) is 0 Å². The van der Waals surface area contributed by atoms with Crippen LogP contribution in [-0.4, -0.2) is 16.6 Å². The molecule has 0 saturated carbocycles. The second-order valence-electron chi connectivity index (χ2n) is 6.60. The van der Waals surface area contributed by atoms with Crippen LogP contribution < -0.4 is 0 Å². The zero-order valence-electron chi connectivity index (χ0n) is 14.4. The fraction of sp³-hybridized carbons (Fsp3) is 0.136. The molecule has 0 aliphatic heterocycles. The zero-order chi connectivity index (χ0) is 17.7. The summed E-state index contributed by atoms with van der Waals surface area (Å²) in [5.41, 5.74) is 6.17. The van der Waals surface area contributed by atoms with Crippen molar-refractivity contribution in [2.75, 3.05) is 0 Å². The lowest BCUT2D eigenvalue weighted by Crippen LogP contribution is -2.22. The number of benzene rings is 2. The van der Waals surface area contributed by atoms with Gasteiger partial charge < -0.3 is 0 Å². The van der Waals surface area contributed by atoms with E-state index in [1.54, 1.807) is 12.1 Å². The number of hydrogen-bond donors (Lipinski definition) is 0. The van der Waals surface area contributed by atoms with Gasteiger partial charge in [0.05, 0.1) is 16.8 Å². The number of aromatic nitrogens is 1. The second-order valence-corrected chi connectivity index (χ2v) is 6.60. The Morgan fingerprint density at radius 2 is 1.52 bits per heavy atom. The molecule has 0 radical (unpaired) electrons. The van der Waals surface area contributed by atoms with Crippen LogP contribution in [0.5, 0.6) is 0 Å². The molecule has 1 heterocycles. The van der Waals surface area contributed by atoms with Crippen LogP contribution in [0.1, 0.15) is 38.3 Å². The number of hydrogen-bond acceptors (Lipinski definition) is 3. The van der Waals surface area contributed by atoms with Gasteiger partial charge in [0, 0.05) is 11.0 Å². The number of fused-ring (bicyclic) bond motifs is 2. The molecule has 3 aromatic rings. The first-order valence-electron chi connectivity index (χ1n) is 8.24. The van der Waals surface area contributed by atoms with Crippen LogP contribution in [0, 0.1) is 20.8 Å². The van der Waals surface area contributed by atoms with Crippen molar-refractivity contribution < 1.29 is 9.59 Å². The fourth-order valence-corrected chi connectivity index (χ4v) is 3.66. The largest absolute Gasteiger partial charge is 0.285 e. The molecule has 1 aliphatic carbocycles. The summed E-state index contributed by atoms with van der Waals surface area (Å²) in [6.45, 7) is 5.96. The van der Waals surface area contributed by atoms with Crippen molar-refractivity contribution in [1.29, 1.82) is 0 Å². The smallest absolute Gasteiger partial charge is 0.235 e. The van der Waals surface area contributed by atoms with Gasteiger partial charge in [-0.25, -0.2) is 4.98 Å². The number of pyridine rings is 1. The van der Waals surface area contributed by atoms with Gasteiger partial charge in [0.2, 0.25) is 11.6 Å². The Morgan fingerprint density at radius 1 is 0.840 bits per heavy atom. The highest BCUT2D eigenvalue weighted by atomic mass is 16.2. The van der Waals surface area contributed by atoms with Crippen molar-refractivity contribution in [2.24, 2.45) is 0 Å². The van der Waals surface area contributed by atoms with Crippen LogP contribution in [0.2, 0.25) is 0 Å². The summed E-state index contributed by atoms with van der Waals surface area (Å²) < 4.78 is 0. The first-order valence-corrected chi connectivity index (χ1v) is 8.24. The molecule has 0 saturated heterocycles.